The molecule has 1 aliphatic heterocycles. The second-order valence-corrected chi connectivity index (χ2v) is 6.01. The molecule has 0 spiro atoms. The summed E-state index contributed by atoms with van der Waals surface area (Å²) in [6.45, 7) is 7.36. The molecule has 1 aromatic heterocycles. The largest absolute Gasteiger partial charge is 0.367 e. The minimum atomic E-state index is -1.08. The van der Waals surface area contributed by atoms with E-state index >= 15 is 0 Å². The van der Waals surface area contributed by atoms with E-state index in [0.29, 0.717) is 32.5 Å². The van der Waals surface area contributed by atoms with Crippen molar-refractivity contribution < 1.29 is 14.3 Å². The summed E-state index contributed by atoms with van der Waals surface area (Å²) in [5, 5.41) is 4.38. The van der Waals surface area contributed by atoms with E-state index in [1.54, 1.807) is 11.8 Å². The fraction of sp³-hybridized carbons (Fsp3) is 0.667. The van der Waals surface area contributed by atoms with Crippen molar-refractivity contribution in [3.63, 3.8) is 0 Å². The van der Waals surface area contributed by atoms with E-state index in [1.807, 2.05) is 24.6 Å². The molecule has 0 aromatic carbocycles. The van der Waals surface area contributed by atoms with Gasteiger partial charge >= 0.3 is 0 Å². The maximum atomic E-state index is 12.3. The Morgan fingerprint density at radius 1 is 1.45 bits per heavy atom. The van der Waals surface area contributed by atoms with E-state index in [1.165, 1.54) is 0 Å². The van der Waals surface area contributed by atoms with Gasteiger partial charge in [0, 0.05) is 25.2 Å². The van der Waals surface area contributed by atoms with Crippen molar-refractivity contribution >= 4 is 11.8 Å². The molecule has 1 atom stereocenters. The van der Waals surface area contributed by atoms with E-state index in [2.05, 4.69) is 5.10 Å². The number of hydrogen-bond donors (Lipinski definition) is 1. The molecule has 0 radical (unpaired) electrons. The molecule has 7 nitrogen and oxygen atoms in total. The van der Waals surface area contributed by atoms with Crippen LogP contribution in [-0.2, 0) is 20.9 Å². The van der Waals surface area contributed by atoms with E-state index in [-0.39, 0.29) is 12.5 Å². The summed E-state index contributed by atoms with van der Waals surface area (Å²) in [6, 6.07) is 2.02. The standard InChI is InChI=1S/C15H24N4O3/c1-11-9-12(2)19(17-11)6-4-5-13(20)18-7-8-22-15(3,10-18)14(16)21/h9H,4-8,10H2,1-3H3,(H2,16,21)/t15-/m1/s1. The summed E-state index contributed by atoms with van der Waals surface area (Å²) in [5.74, 6) is -0.509. The minimum absolute atomic E-state index is 0.0253. The molecule has 2 rings (SSSR count). The number of carbonyl (C=O) groups is 2. The molecule has 22 heavy (non-hydrogen) atoms. The van der Waals surface area contributed by atoms with Gasteiger partial charge in [-0.2, -0.15) is 5.10 Å². The Morgan fingerprint density at radius 2 is 2.18 bits per heavy atom. The zero-order valence-corrected chi connectivity index (χ0v) is 13.5. The van der Waals surface area contributed by atoms with Crippen LogP contribution in [-0.4, -0.2) is 51.8 Å². The number of hydrogen-bond acceptors (Lipinski definition) is 4. The summed E-state index contributed by atoms with van der Waals surface area (Å²) in [7, 11) is 0. The summed E-state index contributed by atoms with van der Waals surface area (Å²) in [5.41, 5.74) is 6.34. The molecule has 1 saturated heterocycles. The van der Waals surface area contributed by atoms with Gasteiger partial charge in [0.2, 0.25) is 5.91 Å². The lowest BCUT2D eigenvalue weighted by molar-refractivity contribution is -0.160. The molecular formula is C15H24N4O3. The van der Waals surface area contributed by atoms with Crippen LogP contribution in [0, 0.1) is 13.8 Å². The highest BCUT2D eigenvalue weighted by atomic mass is 16.5. The molecule has 1 aliphatic rings. The van der Waals surface area contributed by atoms with Crippen LogP contribution in [0.2, 0.25) is 0 Å². The summed E-state index contributed by atoms with van der Waals surface area (Å²) in [6.07, 6.45) is 1.14. The Hall–Kier alpha value is -1.89. The second-order valence-electron chi connectivity index (χ2n) is 6.01. The van der Waals surface area contributed by atoms with Gasteiger partial charge in [-0.1, -0.05) is 0 Å². The first kappa shape index (κ1) is 16.5. The van der Waals surface area contributed by atoms with Crippen LogP contribution in [0.4, 0.5) is 0 Å². The summed E-state index contributed by atoms with van der Waals surface area (Å²) < 4.78 is 7.33. The Kier molecular flexibility index (Phi) is 4.85. The molecule has 2 amide bonds. The smallest absolute Gasteiger partial charge is 0.251 e. The van der Waals surface area contributed by atoms with E-state index in [4.69, 9.17) is 10.5 Å². The molecule has 1 aromatic rings. The van der Waals surface area contributed by atoms with Gasteiger partial charge in [-0.25, -0.2) is 0 Å². The molecule has 0 unspecified atom stereocenters. The first-order valence-electron chi connectivity index (χ1n) is 7.54. The van der Waals surface area contributed by atoms with Gasteiger partial charge in [-0.05, 0) is 33.3 Å². The van der Waals surface area contributed by atoms with Gasteiger partial charge in [-0.15, -0.1) is 0 Å². The molecule has 0 aliphatic carbocycles. The molecule has 2 heterocycles. The number of nitrogens with two attached hydrogens (primary N) is 1. The van der Waals surface area contributed by atoms with E-state index in [0.717, 1.165) is 11.4 Å². The molecule has 122 valence electrons. The van der Waals surface area contributed by atoms with Gasteiger partial charge in [0.25, 0.3) is 5.91 Å². The van der Waals surface area contributed by atoms with Crippen molar-refractivity contribution in [3.05, 3.63) is 17.5 Å². The molecule has 7 heteroatoms. The number of rotatable bonds is 5. The lowest BCUT2D eigenvalue weighted by atomic mass is 10.0. The topological polar surface area (TPSA) is 90.5 Å². The highest BCUT2D eigenvalue weighted by Crippen LogP contribution is 2.18. The third kappa shape index (κ3) is 3.65. The zero-order valence-electron chi connectivity index (χ0n) is 13.5. The highest BCUT2D eigenvalue weighted by molar-refractivity contribution is 5.85. The van der Waals surface area contributed by atoms with E-state index < -0.39 is 11.5 Å². The number of primary amides is 1. The van der Waals surface area contributed by atoms with Crippen LogP contribution in [0.3, 0.4) is 0 Å². The molecular weight excluding hydrogens is 284 g/mol. The number of nitrogens with zero attached hydrogens (tertiary/aromatic N) is 3. The molecule has 0 saturated carbocycles. The summed E-state index contributed by atoms with van der Waals surface area (Å²) in [4.78, 5) is 25.4. The van der Waals surface area contributed by atoms with Crippen molar-refractivity contribution in [1.82, 2.24) is 14.7 Å². The number of amides is 2. The lowest BCUT2D eigenvalue weighted by Gasteiger charge is -2.38. The lowest BCUT2D eigenvalue weighted by Crippen LogP contribution is -2.58. The predicted molar refractivity (Wildman–Crippen MR) is 81.1 cm³/mol. The van der Waals surface area contributed by atoms with Crippen molar-refractivity contribution in [3.8, 4) is 0 Å². The Bertz CT molecular complexity index is 569. The van der Waals surface area contributed by atoms with Gasteiger partial charge in [-0.3, -0.25) is 14.3 Å². The van der Waals surface area contributed by atoms with Crippen molar-refractivity contribution in [2.45, 2.75) is 45.8 Å². The van der Waals surface area contributed by atoms with Crippen LogP contribution >= 0.6 is 0 Å². The number of aryl methyl sites for hydroxylation is 3. The Balaban J connectivity index is 1.84. The quantitative estimate of drug-likeness (QED) is 0.851. The average Bonchev–Trinajstić information content (AvgIpc) is 2.77. The summed E-state index contributed by atoms with van der Waals surface area (Å²) >= 11 is 0. The molecule has 1 fully saturated rings. The monoisotopic (exact) mass is 308 g/mol. The van der Waals surface area contributed by atoms with Crippen molar-refractivity contribution in [2.24, 2.45) is 5.73 Å². The SMILES string of the molecule is Cc1cc(C)n(CCCC(=O)N2CCO[C@@](C)(C(N)=O)C2)n1. The third-order valence-corrected chi connectivity index (χ3v) is 4.01. The first-order valence-corrected chi connectivity index (χ1v) is 7.54. The van der Waals surface area contributed by atoms with Crippen LogP contribution < -0.4 is 5.73 Å². The number of ether oxygens (including phenoxy) is 1. The maximum absolute atomic E-state index is 12.3. The third-order valence-electron chi connectivity index (χ3n) is 4.01. The zero-order chi connectivity index (χ0) is 16.3. The van der Waals surface area contributed by atoms with E-state index in [9.17, 15) is 9.59 Å². The molecule has 2 N–H and O–H groups in total. The fourth-order valence-corrected chi connectivity index (χ4v) is 2.67. The van der Waals surface area contributed by atoms with Crippen molar-refractivity contribution in [1.29, 1.82) is 0 Å². The van der Waals surface area contributed by atoms with Crippen LogP contribution in [0.1, 0.15) is 31.2 Å². The van der Waals surface area contributed by atoms with Gasteiger partial charge in [0.05, 0.1) is 18.8 Å². The van der Waals surface area contributed by atoms with Gasteiger partial charge in [0.15, 0.2) is 5.60 Å². The maximum Gasteiger partial charge on any atom is 0.251 e. The average molecular weight is 308 g/mol. The van der Waals surface area contributed by atoms with Gasteiger partial charge < -0.3 is 15.4 Å². The van der Waals surface area contributed by atoms with Crippen molar-refractivity contribution in [2.75, 3.05) is 19.7 Å². The minimum Gasteiger partial charge on any atom is -0.367 e. The van der Waals surface area contributed by atoms with Crippen LogP contribution in [0.15, 0.2) is 6.07 Å². The number of carbonyl (C=O) groups excluding carboxylic acids is 2. The molecule has 0 bridgehead atoms. The number of morpholine rings is 1. The first-order chi connectivity index (χ1) is 10.3. The Morgan fingerprint density at radius 3 is 2.77 bits per heavy atom. The predicted octanol–water partition coefficient (Wildman–Crippen LogP) is 0.383. The normalized spacial score (nSPS) is 21.9. The van der Waals surface area contributed by atoms with Crippen LogP contribution in [0.25, 0.3) is 0 Å². The van der Waals surface area contributed by atoms with Gasteiger partial charge in [0.1, 0.15) is 0 Å². The fourth-order valence-electron chi connectivity index (χ4n) is 2.67. The number of aromatic nitrogens is 2. The second kappa shape index (κ2) is 6.48. The highest BCUT2D eigenvalue weighted by Gasteiger charge is 2.38. The Labute approximate surface area is 130 Å². The van der Waals surface area contributed by atoms with Crippen LogP contribution in [0.5, 0.6) is 0 Å².